The van der Waals surface area contributed by atoms with Gasteiger partial charge in [0.2, 0.25) is 15.8 Å². The second-order valence-electron chi connectivity index (χ2n) is 7.32. The topological polar surface area (TPSA) is 80.1 Å². The standard InChI is InChI=1S/C22H24N2O5S/c1-16(20-9-10-21(29-20)22(25)28-2)23-11-13-24(14-12-23)30(26,27)19-8-7-17-5-3-4-6-18(17)15-19/h3-10,15-16H,11-14H2,1-2H3. The van der Waals surface area contributed by atoms with Crippen molar-refractivity contribution in [2.24, 2.45) is 0 Å². The fourth-order valence-electron chi connectivity index (χ4n) is 3.78. The molecule has 1 aliphatic rings. The van der Waals surface area contributed by atoms with E-state index in [1.54, 1.807) is 24.3 Å². The molecule has 4 rings (SSSR count). The Balaban J connectivity index is 1.45. The molecule has 30 heavy (non-hydrogen) atoms. The molecule has 2 aromatic carbocycles. The van der Waals surface area contributed by atoms with E-state index in [4.69, 9.17) is 4.42 Å². The molecular formula is C22H24N2O5S. The van der Waals surface area contributed by atoms with Crippen molar-refractivity contribution >= 4 is 26.8 Å². The van der Waals surface area contributed by atoms with Gasteiger partial charge in [-0.2, -0.15) is 4.31 Å². The minimum absolute atomic E-state index is 0.0751. The van der Waals surface area contributed by atoms with Crippen molar-refractivity contribution in [1.29, 1.82) is 0 Å². The predicted octanol–water partition coefficient (Wildman–Crippen LogP) is 3.29. The zero-order valence-electron chi connectivity index (χ0n) is 16.9. The first kappa shape index (κ1) is 20.6. The van der Waals surface area contributed by atoms with Gasteiger partial charge in [-0.1, -0.05) is 30.3 Å². The number of esters is 1. The number of furan rings is 1. The van der Waals surface area contributed by atoms with E-state index in [1.165, 1.54) is 11.4 Å². The Morgan fingerprint density at radius 3 is 2.40 bits per heavy atom. The Hall–Kier alpha value is -2.68. The van der Waals surface area contributed by atoms with E-state index >= 15 is 0 Å². The molecule has 8 heteroatoms. The van der Waals surface area contributed by atoms with Crippen molar-refractivity contribution in [2.45, 2.75) is 17.9 Å². The normalized spacial score (nSPS) is 17.1. The average Bonchev–Trinajstić information content (AvgIpc) is 3.28. The van der Waals surface area contributed by atoms with Crippen molar-refractivity contribution < 1.29 is 22.4 Å². The van der Waals surface area contributed by atoms with E-state index in [0.717, 1.165) is 10.8 Å². The van der Waals surface area contributed by atoms with Gasteiger partial charge in [0.15, 0.2) is 0 Å². The van der Waals surface area contributed by atoms with Crippen LogP contribution in [0.4, 0.5) is 0 Å². The highest BCUT2D eigenvalue weighted by molar-refractivity contribution is 7.89. The molecule has 7 nitrogen and oxygen atoms in total. The van der Waals surface area contributed by atoms with Crippen molar-refractivity contribution in [3.05, 3.63) is 66.1 Å². The fourth-order valence-corrected chi connectivity index (χ4v) is 5.23. The molecule has 0 N–H and O–H groups in total. The van der Waals surface area contributed by atoms with E-state index in [-0.39, 0.29) is 11.8 Å². The first-order valence-electron chi connectivity index (χ1n) is 9.81. The molecule has 0 saturated carbocycles. The monoisotopic (exact) mass is 428 g/mol. The van der Waals surface area contributed by atoms with Crippen molar-refractivity contribution in [2.75, 3.05) is 33.3 Å². The lowest BCUT2D eigenvalue weighted by molar-refractivity contribution is 0.0556. The molecule has 3 aromatic rings. The molecule has 0 aliphatic carbocycles. The molecule has 158 valence electrons. The summed E-state index contributed by atoms with van der Waals surface area (Å²) in [4.78, 5) is 14.1. The first-order valence-corrected chi connectivity index (χ1v) is 11.3. The van der Waals surface area contributed by atoms with Gasteiger partial charge in [0.25, 0.3) is 0 Å². The molecule has 1 unspecified atom stereocenters. The maximum atomic E-state index is 13.1. The Labute approximate surface area is 175 Å². The summed E-state index contributed by atoms with van der Waals surface area (Å²) >= 11 is 0. The summed E-state index contributed by atoms with van der Waals surface area (Å²) in [5.41, 5.74) is 0. The van der Waals surface area contributed by atoms with Gasteiger partial charge in [-0.25, -0.2) is 13.2 Å². The number of carbonyl (C=O) groups is 1. The molecule has 1 saturated heterocycles. The number of fused-ring (bicyclic) bond motifs is 1. The Kier molecular flexibility index (Phi) is 5.64. The third-order valence-corrected chi connectivity index (χ3v) is 7.50. The van der Waals surface area contributed by atoms with E-state index in [1.807, 2.05) is 37.3 Å². The third kappa shape index (κ3) is 3.86. The summed E-state index contributed by atoms with van der Waals surface area (Å²) in [5.74, 6) is 0.304. The first-order chi connectivity index (χ1) is 14.4. The summed E-state index contributed by atoms with van der Waals surface area (Å²) in [6, 6.07) is 16.2. The highest BCUT2D eigenvalue weighted by Crippen LogP contribution is 2.27. The summed E-state index contributed by atoms with van der Waals surface area (Å²) in [6.45, 7) is 3.91. The Morgan fingerprint density at radius 2 is 1.70 bits per heavy atom. The van der Waals surface area contributed by atoms with Crippen molar-refractivity contribution in [3.8, 4) is 0 Å². The van der Waals surface area contributed by atoms with Crippen LogP contribution in [0.2, 0.25) is 0 Å². The number of rotatable bonds is 5. The van der Waals surface area contributed by atoms with Gasteiger partial charge in [0.1, 0.15) is 5.76 Å². The lowest BCUT2D eigenvalue weighted by Crippen LogP contribution is -2.49. The van der Waals surface area contributed by atoms with Crippen LogP contribution in [0.25, 0.3) is 10.8 Å². The fraction of sp³-hybridized carbons (Fsp3) is 0.318. The number of hydrogen-bond acceptors (Lipinski definition) is 6. The van der Waals surface area contributed by atoms with Crippen LogP contribution in [0, 0.1) is 0 Å². The number of piperazine rings is 1. The predicted molar refractivity (Wildman–Crippen MR) is 113 cm³/mol. The molecule has 1 aliphatic heterocycles. The second kappa shape index (κ2) is 8.22. The van der Waals surface area contributed by atoms with Crippen molar-refractivity contribution in [3.63, 3.8) is 0 Å². The smallest absolute Gasteiger partial charge is 0.373 e. The summed E-state index contributed by atoms with van der Waals surface area (Å²) in [5, 5.41) is 1.92. The molecule has 1 fully saturated rings. The van der Waals surface area contributed by atoms with Crippen LogP contribution in [0.5, 0.6) is 0 Å². The average molecular weight is 429 g/mol. The number of nitrogens with zero attached hydrogens (tertiary/aromatic N) is 2. The molecule has 1 atom stereocenters. The minimum atomic E-state index is -3.56. The molecule has 1 aromatic heterocycles. The van der Waals surface area contributed by atoms with Gasteiger partial charge >= 0.3 is 5.97 Å². The van der Waals surface area contributed by atoms with Crippen LogP contribution < -0.4 is 0 Å². The third-order valence-electron chi connectivity index (χ3n) is 5.60. The molecule has 0 bridgehead atoms. The van der Waals surface area contributed by atoms with Gasteiger partial charge in [-0.3, -0.25) is 4.90 Å². The van der Waals surface area contributed by atoms with Crippen molar-refractivity contribution in [1.82, 2.24) is 9.21 Å². The molecule has 0 amide bonds. The van der Waals surface area contributed by atoms with E-state index < -0.39 is 16.0 Å². The summed E-state index contributed by atoms with van der Waals surface area (Å²) in [7, 11) is -2.25. The molecular weight excluding hydrogens is 404 g/mol. The van der Waals surface area contributed by atoms with E-state index in [2.05, 4.69) is 9.64 Å². The second-order valence-corrected chi connectivity index (χ2v) is 9.26. The number of benzene rings is 2. The maximum absolute atomic E-state index is 13.1. The largest absolute Gasteiger partial charge is 0.463 e. The number of carbonyl (C=O) groups excluding carboxylic acids is 1. The van der Waals surface area contributed by atoms with Crippen LogP contribution in [0.1, 0.15) is 29.3 Å². The van der Waals surface area contributed by atoms with Gasteiger partial charge in [-0.05, 0) is 42.0 Å². The van der Waals surface area contributed by atoms with E-state index in [0.29, 0.717) is 36.8 Å². The van der Waals surface area contributed by atoms with Gasteiger partial charge in [-0.15, -0.1) is 0 Å². The van der Waals surface area contributed by atoms with Crippen LogP contribution in [-0.4, -0.2) is 56.9 Å². The number of sulfonamides is 1. The number of methoxy groups -OCH3 is 1. The Bertz CT molecular complexity index is 1160. The van der Waals surface area contributed by atoms with Crippen LogP contribution in [0.3, 0.4) is 0 Å². The minimum Gasteiger partial charge on any atom is -0.463 e. The van der Waals surface area contributed by atoms with Gasteiger partial charge in [0.05, 0.1) is 18.0 Å². The quantitative estimate of drug-likeness (QED) is 0.580. The van der Waals surface area contributed by atoms with Crippen LogP contribution >= 0.6 is 0 Å². The number of hydrogen-bond donors (Lipinski definition) is 0. The molecule has 0 spiro atoms. The number of ether oxygens (including phenoxy) is 1. The Morgan fingerprint density at radius 1 is 1.00 bits per heavy atom. The molecule has 0 radical (unpaired) electrons. The van der Waals surface area contributed by atoms with Gasteiger partial charge < -0.3 is 9.15 Å². The zero-order valence-corrected chi connectivity index (χ0v) is 17.8. The maximum Gasteiger partial charge on any atom is 0.373 e. The van der Waals surface area contributed by atoms with Gasteiger partial charge in [0, 0.05) is 26.2 Å². The zero-order chi connectivity index (χ0) is 21.3. The van der Waals surface area contributed by atoms with Crippen LogP contribution in [0.15, 0.2) is 63.9 Å². The summed E-state index contributed by atoms with van der Waals surface area (Å²) in [6.07, 6.45) is 0. The highest BCUT2D eigenvalue weighted by Gasteiger charge is 2.31. The SMILES string of the molecule is COC(=O)c1ccc(C(C)N2CCN(S(=O)(=O)c3ccc4ccccc4c3)CC2)o1. The van der Waals surface area contributed by atoms with E-state index in [9.17, 15) is 13.2 Å². The molecule has 2 heterocycles. The lowest BCUT2D eigenvalue weighted by Gasteiger charge is -2.36. The lowest BCUT2D eigenvalue weighted by atomic mass is 10.1. The van der Waals surface area contributed by atoms with Crippen LogP contribution in [-0.2, 0) is 14.8 Å². The summed E-state index contributed by atoms with van der Waals surface area (Å²) < 4.78 is 38.1. The highest BCUT2D eigenvalue weighted by atomic mass is 32.2.